The molecule has 94 valence electrons. The average Bonchev–Trinajstić information content (AvgIpc) is 2.33. The second-order valence-corrected chi connectivity index (χ2v) is 5.19. The highest BCUT2D eigenvalue weighted by atomic mass is 14.8. The van der Waals surface area contributed by atoms with Crippen LogP contribution in [0.15, 0.2) is 36.5 Å². The molecule has 2 rings (SSSR count). The van der Waals surface area contributed by atoms with E-state index >= 15 is 0 Å². The van der Waals surface area contributed by atoms with Crippen LogP contribution in [0, 0.1) is 20.8 Å². The quantitative estimate of drug-likeness (QED) is 0.875. The van der Waals surface area contributed by atoms with Gasteiger partial charge in [0, 0.05) is 11.9 Å². The van der Waals surface area contributed by atoms with Crippen LogP contribution in [0.25, 0.3) is 0 Å². The molecule has 1 atom stereocenters. The normalized spacial score (nSPS) is 14.3. The fraction of sp³-hybridized carbons (Fsp3) is 0.312. The van der Waals surface area contributed by atoms with Crippen molar-refractivity contribution in [2.45, 2.75) is 33.2 Å². The molecule has 2 aromatic rings. The number of aromatic nitrogens is 1. The summed E-state index contributed by atoms with van der Waals surface area (Å²) in [5.74, 6) is 0. The highest BCUT2D eigenvalue weighted by Gasteiger charge is 2.24. The number of hydrogen-bond acceptors (Lipinski definition) is 2. The molecule has 0 amide bonds. The minimum Gasteiger partial charge on any atom is -0.318 e. The minimum atomic E-state index is -0.501. The van der Waals surface area contributed by atoms with Crippen LogP contribution >= 0.6 is 0 Å². The van der Waals surface area contributed by atoms with E-state index in [9.17, 15) is 0 Å². The molecule has 1 aromatic carbocycles. The first-order valence-electron chi connectivity index (χ1n) is 6.21. The number of rotatable bonds is 2. The number of aryl methyl sites for hydroxylation is 3. The molecule has 1 unspecified atom stereocenters. The summed E-state index contributed by atoms with van der Waals surface area (Å²) in [6, 6.07) is 10.4. The fourth-order valence-corrected chi connectivity index (χ4v) is 2.01. The van der Waals surface area contributed by atoms with Crippen LogP contribution in [0.3, 0.4) is 0 Å². The molecule has 1 aromatic heterocycles. The monoisotopic (exact) mass is 240 g/mol. The third-order valence-electron chi connectivity index (χ3n) is 3.62. The summed E-state index contributed by atoms with van der Waals surface area (Å²) in [6.07, 6.45) is 1.87. The summed E-state index contributed by atoms with van der Waals surface area (Å²) in [4.78, 5) is 4.33. The zero-order valence-electron chi connectivity index (χ0n) is 11.5. The lowest BCUT2D eigenvalue weighted by atomic mass is 9.85. The van der Waals surface area contributed by atoms with Gasteiger partial charge in [0.2, 0.25) is 0 Å². The maximum Gasteiger partial charge on any atom is 0.0652 e. The van der Waals surface area contributed by atoms with Gasteiger partial charge in [0.1, 0.15) is 0 Å². The van der Waals surface area contributed by atoms with E-state index in [4.69, 9.17) is 5.73 Å². The number of nitrogens with zero attached hydrogens (tertiary/aromatic N) is 1. The van der Waals surface area contributed by atoms with Crippen molar-refractivity contribution in [3.63, 3.8) is 0 Å². The van der Waals surface area contributed by atoms with Crippen molar-refractivity contribution < 1.29 is 0 Å². The number of benzene rings is 1. The number of pyridine rings is 1. The molecular formula is C16H20N2. The Morgan fingerprint density at radius 1 is 0.944 bits per heavy atom. The van der Waals surface area contributed by atoms with Crippen LogP contribution in [0.5, 0.6) is 0 Å². The number of hydrogen-bond donors (Lipinski definition) is 1. The Bertz CT molecular complexity index is 554. The van der Waals surface area contributed by atoms with Gasteiger partial charge in [0.15, 0.2) is 0 Å². The average molecular weight is 240 g/mol. The predicted octanol–water partition coefficient (Wildman–Crippen LogP) is 3.23. The predicted molar refractivity (Wildman–Crippen MR) is 75.5 cm³/mol. The Labute approximate surface area is 109 Å². The topological polar surface area (TPSA) is 38.9 Å². The summed E-state index contributed by atoms with van der Waals surface area (Å²) in [5.41, 5.74) is 11.7. The second kappa shape index (κ2) is 4.54. The lowest BCUT2D eigenvalue weighted by molar-refractivity contribution is 0.599. The maximum atomic E-state index is 6.49. The third-order valence-corrected chi connectivity index (χ3v) is 3.62. The van der Waals surface area contributed by atoms with Crippen molar-refractivity contribution in [3.05, 3.63) is 64.5 Å². The van der Waals surface area contributed by atoms with E-state index < -0.39 is 5.54 Å². The van der Waals surface area contributed by atoms with Gasteiger partial charge in [-0.15, -0.1) is 0 Å². The Balaban J connectivity index is 2.46. The SMILES string of the molecule is Cc1ccc(C(C)(N)c2ccc(C)c(C)c2)cn1. The van der Waals surface area contributed by atoms with Crippen molar-refractivity contribution >= 4 is 0 Å². The third kappa shape index (κ3) is 2.29. The standard InChI is InChI=1S/C16H20N2/c1-11-5-7-14(9-12(11)2)16(4,17)15-8-6-13(3)18-10-15/h5-10H,17H2,1-4H3. The summed E-state index contributed by atoms with van der Waals surface area (Å²) in [5, 5.41) is 0. The first-order valence-corrected chi connectivity index (χ1v) is 6.21. The van der Waals surface area contributed by atoms with Gasteiger partial charge in [-0.25, -0.2) is 0 Å². The van der Waals surface area contributed by atoms with Gasteiger partial charge in [-0.1, -0.05) is 24.3 Å². The van der Waals surface area contributed by atoms with E-state index in [-0.39, 0.29) is 0 Å². The van der Waals surface area contributed by atoms with Gasteiger partial charge >= 0.3 is 0 Å². The molecule has 0 aliphatic heterocycles. The van der Waals surface area contributed by atoms with Crippen LogP contribution in [-0.2, 0) is 5.54 Å². The van der Waals surface area contributed by atoms with E-state index in [1.165, 1.54) is 11.1 Å². The molecule has 2 nitrogen and oxygen atoms in total. The largest absolute Gasteiger partial charge is 0.318 e. The van der Waals surface area contributed by atoms with Gasteiger partial charge in [-0.05, 0) is 56.0 Å². The van der Waals surface area contributed by atoms with E-state index in [0.29, 0.717) is 0 Å². The summed E-state index contributed by atoms with van der Waals surface area (Å²) in [7, 11) is 0. The first-order chi connectivity index (χ1) is 8.41. The van der Waals surface area contributed by atoms with Crippen LogP contribution in [0.2, 0.25) is 0 Å². The fourth-order valence-electron chi connectivity index (χ4n) is 2.01. The lowest BCUT2D eigenvalue weighted by Crippen LogP contribution is -2.34. The van der Waals surface area contributed by atoms with Crippen molar-refractivity contribution in [1.82, 2.24) is 4.98 Å². The van der Waals surface area contributed by atoms with Gasteiger partial charge in [0.25, 0.3) is 0 Å². The van der Waals surface area contributed by atoms with E-state index in [1.807, 2.05) is 26.1 Å². The molecule has 0 aliphatic carbocycles. The highest BCUT2D eigenvalue weighted by molar-refractivity contribution is 5.40. The number of nitrogens with two attached hydrogens (primary N) is 1. The zero-order valence-corrected chi connectivity index (χ0v) is 11.5. The van der Waals surface area contributed by atoms with Crippen molar-refractivity contribution in [1.29, 1.82) is 0 Å². The van der Waals surface area contributed by atoms with Crippen LogP contribution < -0.4 is 5.73 Å². The molecular weight excluding hydrogens is 220 g/mol. The summed E-state index contributed by atoms with van der Waals surface area (Å²) < 4.78 is 0. The zero-order chi connectivity index (χ0) is 13.3. The summed E-state index contributed by atoms with van der Waals surface area (Å²) >= 11 is 0. The van der Waals surface area contributed by atoms with Crippen molar-refractivity contribution in [2.75, 3.05) is 0 Å². The summed E-state index contributed by atoms with van der Waals surface area (Å²) in [6.45, 7) is 8.24. The molecule has 0 fully saturated rings. The maximum absolute atomic E-state index is 6.49. The highest BCUT2D eigenvalue weighted by Crippen LogP contribution is 2.27. The Morgan fingerprint density at radius 2 is 1.61 bits per heavy atom. The molecule has 1 heterocycles. The van der Waals surface area contributed by atoms with Crippen LogP contribution in [-0.4, -0.2) is 4.98 Å². The Kier molecular flexibility index (Phi) is 3.22. The lowest BCUT2D eigenvalue weighted by Gasteiger charge is -2.26. The van der Waals surface area contributed by atoms with E-state index in [2.05, 4.69) is 43.1 Å². The second-order valence-electron chi connectivity index (χ2n) is 5.19. The minimum absolute atomic E-state index is 0.501. The van der Waals surface area contributed by atoms with Gasteiger partial charge in [-0.3, -0.25) is 4.98 Å². The molecule has 0 radical (unpaired) electrons. The molecule has 2 N–H and O–H groups in total. The van der Waals surface area contributed by atoms with E-state index in [0.717, 1.165) is 16.8 Å². The van der Waals surface area contributed by atoms with Gasteiger partial charge < -0.3 is 5.73 Å². The molecule has 2 heteroatoms. The van der Waals surface area contributed by atoms with Crippen LogP contribution in [0.4, 0.5) is 0 Å². The van der Waals surface area contributed by atoms with Gasteiger partial charge in [0.05, 0.1) is 5.54 Å². The molecule has 0 saturated carbocycles. The molecule has 18 heavy (non-hydrogen) atoms. The van der Waals surface area contributed by atoms with Crippen molar-refractivity contribution in [3.8, 4) is 0 Å². The molecule has 0 aliphatic rings. The first kappa shape index (κ1) is 12.8. The van der Waals surface area contributed by atoms with Crippen LogP contribution in [0.1, 0.15) is 34.9 Å². The molecule has 0 spiro atoms. The van der Waals surface area contributed by atoms with Crippen molar-refractivity contribution in [2.24, 2.45) is 5.73 Å². The Morgan fingerprint density at radius 3 is 2.17 bits per heavy atom. The van der Waals surface area contributed by atoms with Gasteiger partial charge in [-0.2, -0.15) is 0 Å². The van der Waals surface area contributed by atoms with E-state index in [1.54, 1.807) is 0 Å². The molecule has 0 saturated heterocycles. The smallest absolute Gasteiger partial charge is 0.0652 e. The molecule has 0 bridgehead atoms. The Hall–Kier alpha value is -1.67.